The topological polar surface area (TPSA) is 348 Å². The lowest BCUT2D eigenvalue weighted by molar-refractivity contribution is -0.0930. The summed E-state index contributed by atoms with van der Waals surface area (Å²) in [5, 5.41) is 15.7. The van der Waals surface area contributed by atoms with Gasteiger partial charge in [-0.3, -0.25) is 19.2 Å². The quantitative estimate of drug-likeness (QED) is 0.0548. The highest BCUT2D eigenvalue weighted by molar-refractivity contribution is 7.22. The predicted molar refractivity (Wildman–Crippen MR) is 537 cm³/mol. The number of anilines is 8. The lowest BCUT2D eigenvalue weighted by Gasteiger charge is -2.36. The second-order valence-electron chi connectivity index (χ2n) is 39.5. The molecule has 8 aliphatic heterocycles. The molecule has 135 heavy (non-hydrogen) atoms. The first kappa shape index (κ1) is 90.1. The molecule has 0 spiro atoms. The van der Waals surface area contributed by atoms with Crippen molar-refractivity contribution in [2.45, 2.75) is 217 Å². The second kappa shape index (κ2) is 37.6. The van der Waals surface area contributed by atoms with Crippen LogP contribution >= 0.6 is 45.3 Å². The number of hydrogen-bond acceptors (Lipinski definition) is 25. The summed E-state index contributed by atoms with van der Waals surface area (Å²) in [6, 6.07) is 42.9. The van der Waals surface area contributed by atoms with Crippen LogP contribution in [-0.4, -0.2) is 157 Å². The predicted octanol–water partition coefficient (Wildman–Crippen LogP) is 17.8. The first-order chi connectivity index (χ1) is 65.4. The van der Waals surface area contributed by atoms with Crippen LogP contribution in [0.15, 0.2) is 121 Å². The molecule has 706 valence electrons. The van der Waals surface area contributed by atoms with Crippen molar-refractivity contribution in [3.05, 3.63) is 186 Å². The smallest absolute Gasteiger partial charge is 0.263 e. The van der Waals surface area contributed by atoms with Crippen LogP contribution in [0, 0.1) is 57.3 Å². The van der Waals surface area contributed by atoms with Gasteiger partial charge in [0.15, 0.2) is 0 Å². The molecule has 25 nitrogen and oxygen atoms in total. The number of nitrogen functional groups attached to an aromatic ring is 4. The number of aromatic nitrogens is 4. The zero-order valence-electron chi connectivity index (χ0n) is 76.9. The van der Waals surface area contributed by atoms with E-state index >= 15 is 0 Å². The summed E-state index contributed by atoms with van der Waals surface area (Å²) in [6.07, 6.45) is 22.6. The minimum absolute atomic E-state index is 0.00567. The number of rotatable bonds is 12. The average Bonchev–Trinajstić information content (AvgIpc) is 1.58. The highest BCUT2D eigenvalue weighted by Crippen LogP contribution is 2.50. The Balaban J connectivity index is 0.000000108. The monoisotopic (exact) mass is 1900 g/mol. The molecule has 0 bridgehead atoms. The number of nitrogens with one attached hydrogen (secondary N) is 4. The summed E-state index contributed by atoms with van der Waals surface area (Å²) in [5.41, 5.74) is 46.0. The van der Waals surface area contributed by atoms with E-state index < -0.39 is 11.8 Å². The first-order valence-electron chi connectivity index (χ1n) is 48.4. The number of thiophene rings is 4. The number of nitrogens with zero attached hydrogens (tertiary/aromatic N) is 8. The number of aryl methyl sites for hydroxylation is 4. The summed E-state index contributed by atoms with van der Waals surface area (Å²) in [6.45, 7) is 13.9. The third-order valence-electron chi connectivity index (χ3n) is 30.5. The number of pyridine rings is 4. The summed E-state index contributed by atoms with van der Waals surface area (Å²) in [5.74, 6) is 2.30. The molecule has 4 aliphatic carbocycles. The summed E-state index contributed by atoms with van der Waals surface area (Å²) >= 11 is 5.34. The van der Waals surface area contributed by atoms with Crippen LogP contribution in [0.4, 0.5) is 54.3 Å². The highest BCUT2D eigenvalue weighted by Gasteiger charge is 2.52. The number of alkyl halides is 2. The zero-order valence-corrected chi connectivity index (χ0v) is 80.2. The van der Waals surface area contributed by atoms with E-state index in [1.165, 1.54) is 139 Å². The van der Waals surface area contributed by atoms with Crippen molar-refractivity contribution in [1.82, 2.24) is 41.2 Å². The number of halogens is 2. The van der Waals surface area contributed by atoms with Gasteiger partial charge < -0.3 is 88.5 Å². The molecule has 0 unspecified atom stereocenters. The molecule has 24 rings (SSSR count). The van der Waals surface area contributed by atoms with Crippen molar-refractivity contribution in [1.29, 1.82) is 0 Å². The first-order valence-corrected chi connectivity index (χ1v) is 51.7. The molecule has 14 N–H and O–H groups in total. The SMILES string of the molecule is Cc1ccc2c(N)c(C(=O)N[C@H]3COc4cc(N5CC[C@@H]6CCCC[C@@H]65)ccc4C3)sc2n1.Cc1ccc2c(N)c(C(=O)N[C@H]3COc4cc(N5CC[C@@H]6CC[C@H](N)C[C@@H]65)ccc4C3)sc2n1.Cc1ccc2c(N)c(C(=O)N[C@H]3COc4cc(N5CC[C@H]6CCCC[C@H]65)ccc4C3)sc2n1.Cc1ccc2c(N)c(C(=O)N[C@H]3COc4cc(N5C[C@@H]6CCCC(F)(F)[C@@H]6C5)ccc4C3)sc2n1. The maximum atomic E-state index is 14.4. The molecule has 4 saturated carbocycles. The van der Waals surface area contributed by atoms with E-state index in [2.05, 4.69) is 115 Å². The van der Waals surface area contributed by atoms with E-state index in [9.17, 15) is 28.0 Å². The summed E-state index contributed by atoms with van der Waals surface area (Å²) in [4.78, 5) is 85.0. The third-order valence-corrected chi connectivity index (χ3v) is 35.0. The Hall–Kier alpha value is -11.4. The molecule has 12 aliphatic rings. The second-order valence-corrected chi connectivity index (χ2v) is 43.5. The van der Waals surface area contributed by atoms with Crippen molar-refractivity contribution in [2.75, 3.05) is 102 Å². The standard InChI is InChI=1S/C26H28F2N4O2S.C26H31N5O2S.2C26H30N4O2S/c1-14-4-7-19-22(29)23(35-25(19)30-14)24(33)31-17-9-15-5-6-18(10-21(15)34-13-17)32-11-16-3-2-8-26(27,28)20(16)12-32;1-14-2-7-20-23(28)24(34-26(20)29-14)25(32)30-18-10-16-4-6-19(12-22(16)33-13-18)31-9-8-15-3-5-17(27)11-21(15)31;2*1-15-6-9-20-23(27)24(33-26(20)28-15)25(31)29-18-12-17-7-8-19(13-22(17)32-14-18)30-11-10-16-4-2-3-5-21(16)30/h4-7,10,16-17,20H,2-3,8-9,11-13,29H2,1H3,(H,31,33);2,4,6-7,12,15,17-18,21H,3,5,8-11,13,27-28H2,1H3,(H,30,32);2*6-9,13,16,18,21H,2-5,10-12,14,27H2,1H3,(H,29,31)/t16-,17+,20+;15-,17-,18+,21-;16-,18+,21-;16-,18-,21-/m0001/s1. The van der Waals surface area contributed by atoms with Crippen LogP contribution in [0.25, 0.3) is 40.9 Å². The maximum Gasteiger partial charge on any atom is 0.263 e. The van der Waals surface area contributed by atoms with Gasteiger partial charge in [-0.15, -0.1) is 45.3 Å². The van der Waals surface area contributed by atoms with Gasteiger partial charge in [-0.1, -0.05) is 49.9 Å². The molecule has 4 aromatic carbocycles. The Morgan fingerprint density at radius 3 is 1.05 bits per heavy atom. The average molecular weight is 1900 g/mol. The Labute approximate surface area is 800 Å². The fourth-order valence-corrected chi connectivity index (χ4v) is 27.6. The van der Waals surface area contributed by atoms with Gasteiger partial charge in [0.25, 0.3) is 29.6 Å². The van der Waals surface area contributed by atoms with Crippen LogP contribution in [-0.2, 0) is 25.7 Å². The molecule has 0 radical (unpaired) electrons. The largest absolute Gasteiger partial charge is 0.491 e. The van der Waals surface area contributed by atoms with Crippen LogP contribution in [0.3, 0.4) is 0 Å². The minimum atomic E-state index is -2.57. The minimum Gasteiger partial charge on any atom is -0.491 e. The number of carbonyl (C=O) groups excluding carboxylic acids is 4. The van der Waals surface area contributed by atoms with Crippen molar-refractivity contribution < 1.29 is 46.9 Å². The van der Waals surface area contributed by atoms with Crippen molar-refractivity contribution >= 4 is 155 Å². The molecule has 8 aromatic heterocycles. The molecule has 13 atom stereocenters. The van der Waals surface area contributed by atoms with Crippen LogP contribution in [0.1, 0.15) is 193 Å². The Bertz CT molecular complexity index is 6370. The van der Waals surface area contributed by atoms with Gasteiger partial charge in [0.05, 0.1) is 46.9 Å². The fraction of sp³-hybridized carbons (Fsp3) is 0.462. The van der Waals surface area contributed by atoms with Gasteiger partial charge in [-0.05, 0) is 249 Å². The fourth-order valence-electron chi connectivity index (χ4n) is 23.4. The Morgan fingerprint density at radius 2 is 0.696 bits per heavy atom. The van der Waals surface area contributed by atoms with E-state index in [1.54, 1.807) is 0 Å². The van der Waals surface area contributed by atoms with Gasteiger partial charge in [0, 0.05) is 161 Å². The van der Waals surface area contributed by atoms with Crippen molar-refractivity contribution in [3.8, 4) is 23.0 Å². The van der Waals surface area contributed by atoms with Crippen LogP contribution < -0.4 is 88.5 Å². The molecule has 4 saturated heterocycles. The Morgan fingerprint density at radius 1 is 0.378 bits per heavy atom. The number of carbonyl (C=O) groups is 4. The zero-order chi connectivity index (χ0) is 92.8. The van der Waals surface area contributed by atoms with E-state index in [1.807, 2.05) is 94.4 Å². The molecule has 12 aromatic rings. The van der Waals surface area contributed by atoms with E-state index in [4.69, 9.17) is 47.6 Å². The van der Waals surface area contributed by atoms with Crippen LogP contribution in [0.5, 0.6) is 23.0 Å². The van der Waals surface area contributed by atoms with Crippen molar-refractivity contribution in [3.63, 3.8) is 0 Å². The van der Waals surface area contributed by atoms with Gasteiger partial charge >= 0.3 is 0 Å². The number of amides is 4. The Kier molecular flexibility index (Phi) is 25.1. The third kappa shape index (κ3) is 18.4. The lowest BCUT2D eigenvalue weighted by atomic mass is 9.79. The van der Waals surface area contributed by atoms with E-state index in [-0.39, 0.29) is 60.1 Å². The molecule has 16 heterocycles. The number of benzene rings is 4. The normalized spacial score (nSPS) is 25.0. The number of ether oxygens (including phenoxy) is 4. The van der Waals surface area contributed by atoms with Gasteiger partial charge in [0.1, 0.15) is 88.3 Å². The van der Waals surface area contributed by atoms with Crippen molar-refractivity contribution in [2.24, 2.45) is 35.3 Å². The summed E-state index contributed by atoms with van der Waals surface area (Å²) < 4.78 is 53.2. The van der Waals surface area contributed by atoms with Gasteiger partial charge in [-0.2, -0.15) is 0 Å². The maximum absolute atomic E-state index is 14.4. The van der Waals surface area contributed by atoms with Crippen LogP contribution in [0.2, 0.25) is 0 Å². The van der Waals surface area contributed by atoms with Gasteiger partial charge in [0.2, 0.25) is 0 Å². The highest BCUT2D eigenvalue weighted by atomic mass is 32.1. The number of fused-ring (bicyclic) bond motifs is 12. The van der Waals surface area contributed by atoms with E-state index in [0.29, 0.717) is 119 Å². The molecule has 4 amide bonds. The number of hydrogen-bond donors (Lipinski definition) is 9. The lowest BCUT2D eigenvalue weighted by Crippen LogP contribution is -2.43. The molecular weight excluding hydrogens is 1780 g/mol. The van der Waals surface area contributed by atoms with Gasteiger partial charge in [-0.25, -0.2) is 28.7 Å². The summed E-state index contributed by atoms with van der Waals surface area (Å²) in [7, 11) is 0. The molecule has 8 fully saturated rings. The molecular formula is C104H119F2N17O8S4. The molecule has 31 heteroatoms. The number of nitrogens with two attached hydrogens (primary N) is 5. The van der Waals surface area contributed by atoms with E-state index in [0.717, 1.165) is 190 Å².